The molecule has 18 heavy (non-hydrogen) atoms. The number of nitro benzene ring substituents is 1. The van der Waals surface area contributed by atoms with Crippen molar-refractivity contribution in [2.24, 2.45) is 0 Å². The van der Waals surface area contributed by atoms with Gasteiger partial charge in [-0.2, -0.15) is 0 Å². The van der Waals surface area contributed by atoms with Crippen molar-refractivity contribution < 1.29 is 9.13 Å². The van der Waals surface area contributed by atoms with Crippen LogP contribution in [-0.2, 0) is 17.3 Å². The van der Waals surface area contributed by atoms with Crippen LogP contribution in [0.15, 0.2) is 22.7 Å². The number of hydrogen-bond donors (Lipinski definition) is 1. The smallest absolute Gasteiger partial charge is 0.270 e. The number of nitro groups is 1. The van der Waals surface area contributed by atoms with E-state index in [2.05, 4.69) is 21.2 Å². The molecule has 0 saturated heterocycles. The number of benzene rings is 1. The van der Waals surface area contributed by atoms with E-state index >= 15 is 0 Å². The van der Waals surface area contributed by atoms with Crippen LogP contribution in [0.1, 0.15) is 12.5 Å². The molecule has 1 rings (SSSR count). The van der Waals surface area contributed by atoms with Crippen molar-refractivity contribution in [2.45, 2.75) is 13.5 Å². The number of hydrogen-bond acceptors (Lipinski definition) is 4. The molecule has 0 spiro atoms. The summed E-state index contributed by atoms with van der Waals surface area (Å²) >= 11 is 3.31. The van der Waals surface area contributed by atoms with Gasteiger partial charge in [-0.05, 0) is 11.6 Å². The third-order valence-electron chi connectivity index (χ3n) is 2.39. The van der Waals surface area contributed by atoms with Crippen molar-refractivity contribution in [1.29, 1.82) is 0 Å². The second kappa shape index (κ2) is 7.60. The zero-order valence-electron chi connectivity index (χ0n) is 10.0. The second-order valence-corrected chi connectivity index (χ2v) is 6.36. The highest BCUT2D eigenvalue weighted by Crippen LogP contribution is 2.22. The maximum Gasteiger partial charge on any atom is 0.270 e. The summed E-state index contributed by atoms with van der Waals surface area (Å²) in [5.74, 6) is 1.30. The quantitative estimate of drug-likeness (QED) is 0.471. The Balaban J connectivity index is 2.48. The molecule has 0 fully saturated rings. The van der Waals surface area contributed by atoms with Gasteiger partial charge in [0.1, 0.15) is 0 Å². The van der Waals surface area contributed by atoms with Gasteiger partial charge in [0.25, 0.3) is 5.69 Å². The first-order valence-corrected chi connectivity index (χ1v) is 7.81. The fraction of sp³-hybridized carbons (Fsp3) is 0.455. The third-order valence-corrected chi connectivity index (χ3v) is 4.43. The molecule has 1 atom stereocenters. The Morgan fingerprint density at radius 2 is 2.22 bits per heavy atom. The number of rotatable bonds is 7. The van der Waals surface area contributed by atoms with E-state index in [1.165, 1.54) is 12.1 Å². The maximum atomic E-state index is 11.2. The van der Waals surface area contributed by atoms with Gasteiger partial charge in [0.2, 0.25) is 0 Å². The van der Waals surface area contributed by atoms with Crippen LogP contribution < -0.4 is 5.32 Å². The van der Waals surface area contributed by atoms with Crippen LogP contribution in [0.5, 0.6) is 0 Å². The van der Waals surface area contributed by atoms with Gasteiger partial charge in [-0.3, -0.25) is 14.3 Å². The number of halogens is 1. The largest absolute Gasteiger partial charge is 0.312 e. The molecule has 0 aromatic heterocycles. The molecule has 0 saturated carbocycles. The molecule has 1 aromatic rings. The van der Waals surface area contributed by atoms with Gasteiger partial charge in [-0.1, -0.05) is 22.9 Å². The van der Waals surface area contributed by atoms with Crippen molar-refractivity contribution in [2.75, 3.05) is 18.1 Å². The molecule has 5 nitrogen and oxygen atoms in total. The van der Waals surface area contributed by atoms with E-state index in [9.17, 15) is 14.3 Å². The van der Waals surface area contributed by atoms with Gasteiger partial charge in [-0.15, -0.1) is 0 Å². The average Bonchev–Trinajstić information content (AvgIpc) is 2.35. The number of nitrogens with one attached hydrogen (secondary N) is 1. The van der Waals surface area contributed by atoms with Crippen molar-refractivity contribution in [3.63, 3.8) is 0 Å². The Kier molecular flexibility index (Phi) is 6.45. The summed E-state index contributed by atoms with van der Waals surface area (Å²) in [6.07, 6.45) is 0. The summed E-state index contributed by atoms with van der Waals surface area (Å²) in [6.45, 7) is 3.16. The lowest BCUT2D eigenvalue weighted by Crippen LogP contribution is -2.20. The minimum atomic E-state index is -0.764. The van der Waals surface area contributed by atoms with E-state index in [1.807, 2.05) is 6.92 Å². The molecule has 1 aromatic carbocycles. The van der Waals surface area contributed by atoms with Gasteiger partial charge in [0, 0.05) is 52.0 Å². The Labute approximate surface area is 117 Å². The summed E-state index contributed by atoms with van der Waals surface area (Å²) in [5.41, 5.74) is 1.01. The van der Waals surface area contributed by atoms with Gasteiger partial charge < -0.3 is 5.32 Å². The van der Waals surface area contributed by atoms with Crippen molar-refractivity contribution in [3.05, 3.63) is 38.3 Å². The van der Waals surface area contributed by atoms with Gasteiger partial charge in [-0.25, -0.2) is 0 Å². The van der Waals surface area contributed by atoms with Crippen molar-refractivity contribution in [3.8, 4) is 0 Å². The first-order chi connectivity index (χ1) is 8.54. The topological polar surface area (TPSA) is 72.2 Å². The normalized spacial score (nSPS) is 12.3. The van der Waals surface area contributed by atoms with Crippen LogP contribution in [0, 0.1) is 10.1 Å². The van der Waals surface area contributed by atoms with E-state index in [1.54, 1.807) is 6.07 Å². The summed E-state index contributed by atoms with van der Waals surface area (Å²) in [5, 5.41) is 13.7. The SMILES string of the molecule is CCS(=O)CCNCc1ccc([N+](=O)[O-])cc1Br. The molecule has 0 amide bonds. The molecule has 0 aliphatic rings. The number of non-ortho nitro benzene ring substituents is 1. The van der Waals surface area contributed by atoms with Gasteiger partial charge in [0.05, 0.1) is 4.92 Å². The highest BCUT2D eigenvalue weighted by atomic mass is 79.9. The van der Waals surface area contributed by atoms with Crippen LogP contribution in [0.2, 0.25) is 0 Å². The predicted molar refractivity (Wildman–Crippen MR) is 76.1 cm³/mol. The number of nitrogens with zero attached hydrogens (tertiary/aromatic N) is 1. The van der Waals surface area contributed by atoms with Crippen LogP contribution in [0.4, 0.5) is 5.69 Å². The van der Waals surface area contributed by atoms with Gasteiger partial charge in [0.15, 0.2) is 0 Å². The zero-order valence-corrected chi connectivity index (χ0v) is 12.4. The minimum absolute atomic E-state index is 0.0673. The summed E-state index contributed by atoms with van der Waals surface area (Å²) in [4.78, 5) is 10.1. The lowest BCUT2D eigenvalue weighted by atomic mass is 10.2. The molecule has 1 N–H and O–H groups in total. The Morgan fingerprint density at radius 3 is 2.78 bits per heavy atom. The molecular formula is C11H15BrN2O3S. The third kappa shape index (κ3) is 4.83. The standard InChI is InChI=1S/C11H15BrN2O3S/c1-2-18(17)6-5-13-8-9-3-4-10(14(15)16)7-11(9)12/h3-4,7,13H,2,5-6,8H2,1H3. The molecular weight excluding hydrogens is 320 g/mol. The Bertz CT molecular complexity index is 454. The molecule has 0 aliphatic carbocycles. The van der Waals surface area contributed by atoms with E-state index < -0.39 is 15.7 Å². The maximum absolute atomic E-state index is 11.2. The molecule has 7 heteroatoms. The summed E-state index contributed by atoms with van der Waals surface area (Å²) in [7, 11) is -0.764. The van der Waals surface area contributed by atoms with Crippen LogP contribution in [-0.4, -0.2) is 27.2 Å². The Morgan fingerprint density at radius 1 is 1.50 bits per heavy atom. The van der Waals surface area contributed by atoms with Crippen LogP contribution in [0.3, 0.4) is 0 Å². The lowest BCUT2D eigenvalue weighted by molar-refractivity contribution is -0.384. The monoisotopic (exact) mass is 334 g/mol. The first-order valence-electron chi connectivity index (χ1n) is 5.53. The zero-order chi connectivity index (χ0) is 13.5. The highest BCUT2D eigenvalue weighted by Gasteiger charge is 2.08. The second-order valence-electron chi connectivity index (χ2n) is 3.64. The van der Waals surface area contributed by atoms with Crippen LogP contribution in [0.25, 0.3) is 0 Å². The van der Waals surface area contributed by atoms with Gasteiger partial charge >= 0.3 is 0 Å². The van der Waals surface area contributed by atoms with Crippen molar-refractivity contribution >= 4 is 32.4 Å². The van der Waals surface area contributed by atoms with E-state index in [-0.39, 0.29) is 5.69 Å². The van der Waals surface area contributed by atoms with E-state index in [4.69, 9.17) is 0 Å². The lowest BCUT2D eigenvalue weighted by Gasteiger charge is -2.06. The molecule has 100 valence electrons. The fourth-order valence-corrected chi connectivity index (χ4v) is 2.51. The molecule has 0 heterocycles. The van der Waals surface area contributed by atoms with Crippen molar-refractivity contribution in [1.82, 2.24) is 5.32 Å². The molecule has 0 radical (unpaired) electrons. The molecule has 0 aliphatic heterocycles. The highest BCUT2D eigenvalue weighted by molar-refractivity contribution is 9.10. The van der Waals surface area contributed by atoms with E-state index in [0.29, 0.717) is 29.1 Å². The molecule has 1 unspecified atom stereocenters. The van der Waals surface area contributed by atoms with Crippen LogP contribution >= 0.6 is 15.9 Å². The van der Waals surface area contributed by atoms with E-state index in [0.717, 1.165) is 5.56 Å². The first kappa shape index (κ1) is 15.3. The molecule has 0 bridgehead atoms. The summed E-state index contributed by atoms with van der Waals surface area (Å²) < 4.78 is 11.9. The predicted octanol–water partition coefficient (Wildman–Crippen LogP) is 2.22. The Hall–Kier alpha value is -0.790. The average molecular weight is 335 g/mol. The minimum Gasteiger partial charge on any atom is -0.312 e. The fourth-order valence-electron chi connectivity index (χ4n) is 1.35. The summed E-state index contributed by atoms with van der Waals surface area (Å²) in [6, 6.07) is 4.68.